The molecule has 1 aromatic heterocycles. The zero-order valence-corrected chi connectivity index (χ0v) is 11.6. The fraction of sp³-hybridized carbons (Fsp3) is 0.545. The molecule has 0 spiro atoms. The van der Waals surface area contributed by atoms with E-state index in [1.807, 2.05) is 20.1 Å². The fourth-order valence-corrected chi connectivity index (χ4v) is 2.09. The van der Waals surface area contributed by atoms with Crippen molar-refractivity contribution in [2.24, 2.45) is 0 Å². The Morgan fingerprint density at radius 2 is 2.17 bits per heavy atom. The second-order valence-electron chi connectivity index (χ2n) is 3.88. The van der Waals surface area contributed by atoms with Crippen LogP contribution in [0, 0.1) is 10.1 Å². The van der Waals surface area contributed by atoms with Crippen LogP contribution in [0.3, 0.4) is 0 Å². The maximum atomic E-state index is 10.8. The van der Waals surface area contributed by atoms with Crippen molar-refractivity contribution in [3.63, 3.8) is 0 Å². The van der Waals surface area contributed by atoms with E-state index in [0.717, 1.165) is 5.75 Å². The summed E-state index contributed by atoms with van der Waals surface area (Å²) in [6.45, 7) is 4.61. The number of hydrogen-bond acceptors (Lipinski definition) is 6. The summed E-state index contributed by atoms with van der Waals surface area (Å²) in [7, 11) is 0. The van der Waals surface area contributed by atoms with Gasteiger partial charge >= 0.3 is 0 Å². The van der Waals surface area contributed by atoms with Gasteiger partial charge in [-0.3, -0.25) is 10.1 Å². The molecule has 1 aromatic rings. The van der Waals surface area contributed by atoms with Gasteiger partial charge in [-0.1, -0.05) is 0 Å². The zero-order chi connectivity index (χ0) is 13.5. The number of thioether (sulfide) groups is 1. The molecule has 1 atom stereocenters. The number of rotatable bonds is 7. The molecule has 1 heterocycles. The van der Waals surface area contributed by atoms with Gasteiger partial charge in [0, 0.05) is 18.3 Å². The van der Waals surface area contributed by atoms with Crippen LogP contribution < -0.4 is 10.6 Å². The fourth-order valence-electron chi connectivity index (χ4n) is 1.51. The summed E-state index contributed by atoms with van der Waals surface area (Å²) < 4.78 is 0. The Balaban J connectivity index is 2.91. The van der Waals surface area contributed by atoms with Gasteiger partial charge in [0.2, 0.25) is 0 Å². The van der Waals surface area contributed by atoms with Crippen molar-refractivity contribution in [1.82, 2.24) is 4.98 Å². The summed E-state index contributed by atoms with van der Waals surface area (Å²) >= 11 is 1.71. The van der Waals surface area contributed by atoms with Crippen LogP contribution in [0.1, 0.15) is 13.8 Å². The smallest absolute Gasteiger partial charge is 0.276 e. The number of anilines is 2. The molecule has 18 heavy (non-hydrogen) atoms. The van der Waals surface area contributed by atoms with Gasteiger partial charge in [0.15, 0.2) is 0 Å². The summed E-state index contributed by atoms with van der Waals surface area (Å²) in [6.07, 6.45) is 2.02. The Bertz CT molecular complexity index is 414. The van der Waals surface area contributed by atoms with Crippen molar-refractivity contribution in [3.05, 3.63) is 22.2 Å². The van der Waals surface area contributed by atoms with Gasteiger partial charge in [0.1, 0.15) is 11.6 Å². The monoisotopic (exact) mass is 270 g/mol. The van der Waals surface area contributed by atoms with Crippen molar-refractivity contribution < 1.29 is 4.92 Å². The van der Waals surface area contributed by atoms with Gasteiger partial charge in [-0.05, 0) is 20.1 Å². The maximum absolute atomic E-state index is 10.8. The molecule has 0 aliphatic carbocycles. The molecule has 0 saturated carbocycles. The molecule has 0 saturated heterocycles. The lowest BCUT2D eigenvalue weighted by Gasteiger charge is -2.14. The molecule has 1 rings (SSSR count). The molecular weight excluding hydrogens is 252 g/mol. The van der Waals surface area contributed by atoms with Crippen molar-refractivity contribution in [3.8, 4) is 0 Å². The van der Waals surface area contributed by atoms with E-state index in [4.69, 9.17) is 0 Å². The van der Waals surface area contributed by atoms with Crippen molar-refractivity contribution in [2.45, 2.75) is 19.9 Å². The summed E-state index contributed by atoms with van der Waals surface area (Å²) in [5.74, 6) is 1.97. The van der Waals surface area contributed by atoms with Crippen molar-refractivity contribution in [1.29, 1.82) is 0 Å². The topological polar surface area (TPSA) is 80.1 Å². The Morgan fingerprint density at radius 3 is 2.72 bits per heavy atom. The van der Waals surface area contributed by atoms with Gasteiger partial charge in [-0.2, -0.15) is 11.8 Å². The normalized spacial score (nSPS) is 11.9. The van der Waals surface area contributed by atoms with Crippen LogP contribution in [0.15, 0.2) is 12.1 Å². The first-order valence-corrected chi connectivity index (χ1v) is 7.12. The Hall–Kier alpha value is -1.50. The van der Waals surface area contributed by atoms with Gasteiger partial charge in [0.25, 0.3) is 5.69 Å². The average molecular weight is 270 g/mol. The van der Waals surface area contributed by atoms with Gasteiger partial charge in [0.05, 0.1) is 17.1 Å². The standard InChI is InChI=1S/C11H18N4O2S/c1-4-12-10-5-9(15(16)17)6-11(14-10)13-8(2)7-18-3/h5-6,8H,4,7H2,1-3H3,(H2,12,13,14). The van der Waals surface area contributed by atoms with Crippen LogP contribution in [0.5, 0.6) is 0 Å². The second kappa shape index (κ2) is 7.05. The van der Waals surface area contributed by atoms with Crippen LogP contribution in [-0.2, 0) is 0 Å². The van der Waals surface area contributed by atoms with Gasteiger partial charge < -0.3 is 10.6 Å². The number of aromatic nitrogens is 1. The van der Waals surface area contributed by atoms with Crippen LogP contribution in [-0.4, -0.2) is 34.5 Å². The lowest BCUT2D eigenvalue weighted by Crippen LogP contribution is -2.19. The maximum Gasteiger partial charge on any atom is 0.276 e. The second-order valence-corrected chi connectivity index (χ2v) is 4.79. The van der Waals surface area contributed by atoms with E-state index in [-0.39, 0.29) is 11.7 Å². The Kier molecular flexibility index (Phi) is 5.70. The largest absolute Gasteiger partial charge is 0.370 e. The van der Waals surface area contributed by atoms with E-state index < -0.39 is 4.92 Å². The van der Waals surface area contributed by atoms with Crippen LogP contribution in [0.2, 0.25) is 0 Å². The highest BCUT2D eigenvalue weighted by molar-refractivity contribution is 7.98. The molecule has 0 amide bonds. The molecule has 100 valence electrons. The Labute approximate surface area is 111 Å². The molecule has 0 radical (unpaired) electrons. The molecule has 0 fully saturated rings. The first kappa shape index (κ1) is 14.6. The van der Waals surface area contributed by atoms with E-state index in [1.54, 1.807) is 11.8 Å². The van der Waals surface area contributed by atoms with E-state index in [9.17, 15) is 10.1 Å². The summed E-state index contributed by atoms with van der Waals surface area (Å²) in [5.41, 5.74) is 0.0415. The zero-order valence-electron chi connectivity index (χ0n) is 10.8. The molecule has 2 N–H and O–H groups in total. The molecular formula is C11H18N4O2S. The third-order valence-electron chi connectivity index (χ3n) is 2.19. The molecule has 7 heteroatoms. The molecule has 0 bridgehead atoms. The van der Waals surface area contributed by atoms with Crippen LogP contribution in [0.25, 0.3) is 0 Å². The minimum Gasteiger partial charge on any atom is -0.370 e. The number of nitrogens with one attached hydrogen (secondary N) is 2. The minimum atomic E-state index is -0.410. The van der Waals surface area contributed by atoms with E-state index in [2.05, 4.69) is 15.6 Å². The number of nitrogens with zero attached hydrogens (tertiary/aromatic N) is 2. The predicted molar refractivity (Wildman–Crippen MR) is 76.5 cm³/mol. The van der Waals surface area contributed by atoms with E-state index in [0.29, 0.717) is 18.2 Å². The lowest BCUT2D eigenvalue weighted by atomic mass is 10.3. The van der Waals surface area contributed by atoms with Gasteiger partial charge in [-0.25, -0.2) is 4.98 Å². The lowest BCUT2D eigenvalue weighted by molar-refractivity contribution is -0.384. The minimum absolute atomic E-state index is 0.0415. The first-order valence-electron chi connectivity index (χ1n) is 5.72. The predicted octanol–water partition coefficient (Wildman–Crippen LogP) is 2.59. The van der Waals surface area contributed by atoms with Crippen molar-refractivity contribution in [2.75, 3.05) is 29.2 Å². The molecule has 0 aliphatic rings. The number of pyridine rings is 1. The van der Waals surface area contributed by atoms with E-state index in [1.165, 1.54) is 12.1 Å². The highest BCUT2D eigenvalue weighted by Crippen LogP contribution is 2.21. The molecule has 0 aromatic carbocycles. The molecule has 6 nitrogen and oxygen atoms in total. The third kappa shape index (κ3) is 4.40. The highest BCUT2D eigenvalue weighted by Gasteiger charge is 2.12. The molecule has 0 aliphatic heterocycles. The van der Waals surface area contributed by atoms with Gasteiger partial charge in [-0.15, -0.1) is 0 Å². The van der Waals surface area contributed by atoms with Crippen LogP contribution in [0.4, 0.5) is 17.3 Å². The summed E-state index contributed by atoms with van der Waals surface area (Å²) in [6, 6.07) is 3.11. The quantitative estimate of drug-likeness (QED) is 0.585. The average Bonchev–Trinajstić information content (AvgIpc) is 2.29. The van der Waals surface area contributed by atoms with E-state index >= 15 is 0 Å². The summed E-state index contributed by atoms with van der Waals surface area (Å²) in [5, 5.41) is 17.0. The van der Waals surface area contributed by atoms with Crippen molar-refractivity contribution >= 4 is 29.1 Å². The summed E-state index contributed by atoms with van der Waals surface area (Å²) in [4.78, 5) is 14.7. The SMILES string of the molecule is CCNc1cc([N+](=O)[O-])cc(NC(C)CSC)n1. The van der Waals surface area contributed by atoms with Crippen LogP contribution >= 0.6 is 11.8 Å². The number of hydrogen-bond donors (Lipinski definition) is 2. The highest BCUT2D eigenvalue weighted by atomic mass is 32.2. The third-order valence-corrected chi connectivity index (χ3v) is 3.02. The first-order chi connectivity index (χ1) is 8.56. The Morgan fingerprint density at radius 1 is 1.50 bits per heavy atom. The number of nitro groups is 1. The molecule has 1 unspecified atom stereocenters.